The van der Waals surface area contributed by atoms with Gasteiger partial charge in [-0.15, -0.1) is 0 Å². The first-order valence-electron chi connectivity index (χ1n) is 7.91. The van der Waals surface area contributed by atoms with E-state index in [-0.39, 0.29) is 36.7 Å². The maximum Gasteiger partial charge on any atom is 0.308 e. The van der Waals surface area contributed by atoms with Gasteiger partial charge in [-0.1, -0.05) is 0 Å². The minimum Gasteiger partial charge on any atom is -0.481 e. The molecule has 2 N–H and O–H groups in total. The molecule has 1 fully saturated rings. The zero-order chi connectivity index (χ0) is 18.4. The molecule has 1 aliphatic rings. The number of rotatable bonds is 6. The summed E-state index contributed by atoms with van der Waals surface area (Å²) in [6.45, 7) is 0.840. The summed E-state index contributed by atoms with van der Waals surface area (Å²) in [4.78, 5) is 46.6. The normalized spacial score (nSPS) is 17.0. The number of carbonyl (C=O) groups excluding carboxylic acids is 2. The number of amides is 2. The summed E-state index contributed by atoms with van der Waals surface area (Å²) in [5.74, 6) is -2.06. The molecule has 0 spiro atoms. The van der Waals surface area contributed by atoms with Crippen molar-refractivity contribution in [2.75, 3.05) is 19.6 Å². The molecule has 1 aromatic carbocycles. The van der Waals surface area contributed by atoms with Gasteiger partial charge < -0.3 is 15.3 Å². The molecule has 2 amide bonds. The zero-order valence-electron chi connectivity index (χ0n) is 13.5. The molecule has 1 saturated heterocycles. The fourth-order valence-electron chi connectivity index (χ4n) is 2.68. The van der Waals surface area contributed by atoms with Crippen LogP contribution >= 0.6 is 0 Å². The van der Waals surface area contributed by atoms with Crippen LogP contribution in [0.2, 0.25) is 0 Å². The van der Waals surface area contributed by atoms with Crippen molar-refractivity contribution in [1.29, 1.82) is 0 Å². The van der Waals surface area contributed by atoms with Gasteiger partial charge in [0.15, 0.2) is 0 Å². The van der Waals surface area contributed by atoms with E-state index in [2.05, 4.69) is 5.32 Å². The number of benzene rings is 1. The zero-order valence-corrected chi connectivity index (χ0v) is 13.5. The molecule has 1 aromatic rings. The Labute approximate surface area is 143 Å². The Bertz CT molecular complexity index is 673. The lowest BCUT2D eigenvalue weighted by atomic mass is 9.98. The minimum atomic E-state index is -0.899. The van der Waals surface area contributed by atoms with Crippen molar-refractivity contribution in [3.05, 3.63) is 39.9 Å². The number of carboxylic acids is 1. The van der Waals surface area contributed by atoms with Crippen LogP contribution in [-0.2, 0) is 9.59 Å². The highest BCUT2D eigenvalue weighted by Gasteiger charge is 2.27. The lowest BCUT2D eigenvalue weighted by Crippen LogP contribution is -2.43. The average molecular weight is 349 g/mol. The van der Waals surface area contributed by atoms with Crippen LogP contribution in [0.3, 0.4) is 0 Å². The number of hydrogen-bond donors (Lipinski definition) is 2. The van der Waals surface area contributed by atoms with Crippen molar-refractivity contribution in [3.63, 3.8) is 0 Å². The molecule has 1 atom stereocenters. The molecule has 0 aromatic heterocycles. The van der Waals surface area contributed by atoms with E-state index in [1.165, 1.54) is 29.2 Å². The van der Waals surface area contributed by atoms with E-state index in [1.807, 2.05) is 0 Å². The van der Waals surface area contributed by atoms with Gasteiger partial charge >= 0.3 is 5.97 Å². The van der Waals surface area contributed by atoms with E-state index < -0.39 is 22.7 Å². The Morgan fingerprint density at radius 3 is 2.56 bits per heavy atom. The molecule has 9 heteroatoms. The molecular weight excluding hydrogens is 330 g/mol. The third-order valence-electron chi connectivity index (χ3n) is 4.09. The van der Waals surface area contributed by atoms with Crippen molar-refractivity contribution < 1.29 is 24.4 Å². The quantitative estimate of drug-likeness (QED) is 0.583. The average Bonchev–Trinajstić information content (AvgIpc) is 2.61. The first-order valence-corrected chi connectivity index (χ1v) is 7.91. The van der Waals surface area contributed by atoms with Crippen molar-refractivity contribution in [2.45, 2.75) is 19.3 Å². The number of nitro groups is 1. The monoisotopic (exact) mass is 349 g/mol. The molecule has 0 bridgehead atoms. The highest BCUT2D eigenvalue weighted by Crippen LogP contribution is 2.17. The predicted octanol–water partition coefficient (Wildman–Crippen LogP) is 1.04. The first kappa shape index (κ1) is 18.4. The Balaban J connectivity index is 1.79. The molecule has 1 heterocycles. The second-order valence-corrected chi connectivity index (χ2v) is 5.83. The van der Waals surface area contributed by atoms with Gasteiger partial charge in [-0.3, -0.25) is 24.5 Å². The summed E-state index contributed by atoms with van der Waals surface area (Å²) < 4.78 is 0. The fourth-order valence-corrected chi connectivity index (χ4v) is 2.68. The Morgan fingerprint density at radius 2 is 1.96 bits per heavy atom. The molecule has 1 aliphatic heterocycles. The van der Waals surface area contributed by atoms with Crippen LogP contribution in [0.1, 0.15) is 29.6 Å². The standard InChI is InChI=1S/C16H19N3O6/c20-14(18-9-1-2-12(10-18)16(22)23)7-8-17-15(21)11-3-5-13(6-4-11)19(24)25/h3-6,12H,1-2,7-10H2,(H,17,21)(H,22,23). The number of piperidine rings is 1. The number of likely N-dealkylation sites (tertiary alicyclic amines) is 1. The molecule has 134 valence electrons. The number of carbonyl (C=O) groups is 3. The van der Waals surface area contributed by atoms with Crippen LogP contribution in [0.4, 0.5) is 5.69 Å². The van der Waals surface area contributed by atoms with Crippen molar-refractivity contribution in [2.24, 2.45) is 5.92 Å². The molecule has 0 aliphatic carbocycles. The van der Waals surface area contributed by atoms with Crippen LogP contribution in [-0.4, -0.2) is 52.3 Å². The number of nitrogens with one attached hydrogen (secondary N) is 1. The molecule has 9 nitrogen and oxygen atoms in total. The number of carboxylic acid groups (broad SMARTS) is 1. The second kappa shape index (κ2) is 8.22. The minimum absolute atomic E-state index is 0.0745. The summed E-state index contributed by atoms with van der Waals surface area (Å²) >= 11 is 0. The van der Waals surface area contributed by atoms with Gasteiger partial charge in [0.25, 0.3) is 11.6 Å². The van der Waals surface area contributed by atoms with Crippen LogP contribution < -0.4 is 5.32 Å². The van der Waals surface area contributed by atoms with E-state index in [0.717, 1.165) is 0 Å². The van der Waals surface area contributed by atoms with Crippen LogP contribution in [0.25, 0.3) is 0 Å². The van der Waals surface area contributed by atoms with Gasteiger partial charge in [-0.2, -0.15) is 0 Å². The Kier molecular flexibility index (Phi) is 6.04. The summed E-state index contributed by atoms with van der Waals surface area (Å²) in [7, 11) is 0. The summed E-state index contributed by atoms with van der Waals surface area (Å²) in [6.07, 6.45) is 1.29. The molecule has 0 saturated carbocycles. The molecule has 25 heavy (non-hydrogen) atoms. The number of non-ortho nitro benzene ring substituents is 1. The number of aliphatic carboxylic acids is 1. The van der Waals surface area contributed by atoms with Gasteiger partial charge in [0, 0.05) is 43.8 Å². The second-order valence-electron chi connectivity index (χ2n) is 5.83. The number of nitro benzene ring substituents is 1. The highest BCUT2D eigenvalue weighted by molar-refractivity contribution is 5.94. The third-order valence-corrected chi connectivity index (χ3v) is 4.09. The van der Waals surface area contributed by atoms with E-state index >= 15 is 0 Å². The van der Waals surface area contributed by atoms with Gasteiger partial charge in [-0.25, -0.2) is 0 Å². The fraction of sp³-hybridized carbons (Fsp3) is 0.438. The van der Waals surface area contributed by atoms with Crippen molar-refractivity contribution in [3.8, 4) is 0 Å². The molecule has 2 rings (SSSR count). The summed E-state index contributed by atoms with van der Waals surface area (Å²) in [6, 6.07) is 5.16. The molecular formula is C16H19N3O6. The highest BCUT2D eigenvalue weighted by atomic mass is 16.6. The maximum atomic E-state index is 12.1. The lowest BCUT2D eigenvalue weighted by Gasteiger charge is -2.30. The van der Waals surface area contributed by atoms with Crippen molar-refractivity contribution in [1.82, 2.24) is 10.2 Å². The van der Waals surface area contributed by atoms with E-state index in [0.29, 0.717) is 19.4 Å². The summed E-state index contributed by atoms with van der Waals surface area (Å²) in [5.41, 5.74) is 0.159. The summed E-state index contributed by atoms with van der Waals surface area (Å²) in [5, 5.41) is 22.2. The van der Waals surface area contributed by atoms with Gasteiger partial charge in [-0.05, 0) is 25.0 Å². The molecule has 0 radical (unpaired) electrons. The van der Waals surface area contributed by atoms with Gasteiger partial charge in [0.05, 0.1) is 10.8 Å². The third kappa shape index (κ3) is 5.00. The van der Waals surface area contributed by atoms with E-state index in [4.69, 9.17) is 5.11 Å². The van der Waals surface area contributed by atoms with Gasteiger partial charge in [0.1, 0.15) is 0 Å². The topological polar surface area (TPSA) is 130 Å². The smallest absolute Gasteiger partial charge is 0.308 e. The van der Waals surface area contributed by atoms with Gasteiger partial charge in [0.2, 0.25) is 5.91 Å². The van der Waals surface area contributed by atoms with Crippen molar-refractivity contribution >= 4 is 23.5 Å². The van der Waals surface area contributed by atoms with Crippen LogP contribution in [0, 0.1) is 16.0 Å². The SMILES string of the molecule is O=C(NCCC(=O)N1CCCC(C(=O)O)C1)c1ccc([N+](=O)[O-])cc1. The van der Waals surface area contributed by atoms with Crippen LogP contribution in [0.5, 0.6) is 0 Å². The predicted molar refractivity (Wildman–Crippen MR) is 87.0 cm³/mol. The lowest BCUT2D eigenvalue weighted by molar-refractivity contribution is -0.384. The number of hydrogen-bond acceptors (Lipinski definition) is 5. The van der Waals surface area contributed by atoms with E-state index in [9.17, 15) is 24.5 Å². The Hall–Kier alpha value is -2.97. The first-order chi connectivity index (χ1) is 11.9. The van der Waals surface area contributed by atoms with Crippen LogP contribution in [0.15, 0.2) is 24.3 Å². The Morgan fingerprint density at radius 1 is 1.28 bits per heavy atom. The van der Waals surface area contributed by atoms with E-state index in [1.54, 1.807) is 0 Å². The maximum absolute atomic E-state index is 12.1. The largest absolute Gasteiger partial charge is 0.481 e. The molecule has 1 unspecified atom stereocenters. The number of nitrogens with zero attached hydrogens (tertiary/aromatic N) is 2.